The summed E-state index contributed by atoms with van der Waals surface area (Å²) in [5.74, 6) is 0. The van der Waals surface area contributed by atoms with E-state index in [4.69, 9.17) is 8.23 Å². The van der Waals surface area contributed by atoms with Gasteiger partial charge in [0.2, 0.25) is 0 Å². The number of benzene rings is 1. The van der Waals surface area contributed by atoms with Crippen molar-refractivity contribution >= 4 is 42.6 Å². The van der Waals surface area contributed by atoms with Gasteiger partial charge in [0, 0.05) is 0 Å². The topological polar surface area (TPSA) is 118 Å². The molecule has 12 heteroatoms. The van der Waals surface area contributed by atoms with Crippen LogP contribution in [0.1, 0.15) is 0 Å². The summed E-state index contributed by atoms with van der Waals surface area (Å²) in [6.07, 6.45) is 0. The lowest BCUT2D eigenvalue weighted by Gasteiger charge is -2.29. The van der Waals surface area contributed by atoms with Crippen molar-refractivity contribution in [1.29, 1.82) is 0 Å². The van der Waals surface area contributed by atoms with Gasteiger partial charge in [0.25, 0.3) is 0 Å². The summed E-state index contributed by atoms with van der Waals surface area (Å²) in [6.45, 7) is 0. The van der Waals surface area contributed by atoms with Gasteiger partial charge in [-0.15, -0.1) is 0 Å². The molecule has 0 atom stereocenters. The molecule has 3 radical (unpaired) electrons. The average Bonchev–Trinajstić information content (AvgIpc) is 2.25. The third kappa shape index (κ3) is 3.88. The SMILES string of the molecule is O[Si]1(O)O[Si]O[Si](c2ccccc2)O[Si](O)(O)O1. The van der Waals surface area contributed by atoms with E-state index in [0.717, 1.165) is 0 Å². The first-order valence-corrected chi connectivity index (χ1v) is 10.2. The molecule has 1 aromatic carbocycles. The summed E-state index contributed by atoms with van der Waals surface area (Å²) < 4.78 is 19.0. The van der Waals surface area contributed by atoms with Gasteiger partial charge in [-0.3, -0.25) is 0 Å². The Hall–Kier alpha value is -0.232. The fourth-order valence-electron chi connectivity index (χ4n) is 1.16. The first-order chi connectivity index (χ1) is 8.38. The number of rotatable bonds is 1. The minimum atomic E-state index is -4.69. The summed E-state index contributed by atoms with van der Waals surface area (Å²) in [5.41, 5.74) is 0. The van der Waals surface area contributed by atoms with E-state index in [2.05, 4.69) is 8.23 Å². The van der Waals surface area contributed by atoms with Crippen LogP contribution in [0.3, 0.4) is 0 Å². The van der Waals surface area contributed by atoms with E-state index >= 15 is 0 Å². The molecule has 97 valence electrons. The van der Waals surface area contributed by atoms with Gasteiger partial charge in [-0.25, -0.2) is 0 Å². The number of hydrogen-bond acceptors (Lipinski definition) is 8. The van der Waals surface area contributed by atoms with Crippen LogP contribution in [0.25, 0.3) is 0 Å². The van der Waals surface area contributed by atoms with Crippen LogP contribution in [0.15, 0.2) is 30.3 Å². The van der Waals surface area contributed by atoms with Crippen LogP contribution in [0.2, 0.25) is 0 Å². The highest BCUT2D eigenvalue weighted by molar-refractivity contribution is 6.78. The molecule has 1 fully saturated rings. The van der Waals surface area contributed by atoms with Crippen LogP contribution in [-0.2, 0) is 16.5 Å². The summed E-state index contributed by atoms with van der Waals surface area (Å²) in [6, 6.07) is 8.63. The Morgan fingerprint density at radius 2 is 1.67 bits per heavy atom. The van der Waals surface area contributed by atoms with E-state index in [1.165, 1.54) is 0 Å². The average molecular weight is 321 g/mol. The maximum atomic E-state index is 9.48. The van der Waals surface area contributed by atoms with E-state index in [1.54, 1.807) is 30.3 Å². The van der Waals surface area contributed by atoms with E-state index in [1.807, 2.05) is 0 Å². The van der Waals surface area contributed by atoms with Crippen molar-refractivity contribution in [2.75, 3.05) is 0 Å². The fourth-order valence-corrected chi connectivity index (χ4v) is 7.82. The van der Waals surface area contributed by atoms with Crippen LogP contribution >= 0.6 is 0 Å². The molecule has 1 saturated heterocycles. The van der Waals surface area contributed by atoms with Crippen LogP contribution < -0.4 is 5.19 Å². The van der Waals surface area contributed by atoms with Crippen molar-refractivity contribution in [3.8, 4) is 0 Å². The lowest BCUT2D eigenvalue weighted by molar-refractivity contribution is 0.0382. The molecule has 1 heterocycles. The van der Waals surface area contributed by atoms with Gasteiger partial charge in [0.1, 0.15) is 0 Å². The lowest BCUT2D eigenvalue weighted by atomic mass is 10.4. The largest absolute Gasteiger partial charge is 0.659 e. The Morgan fingerprint density at radius 3 is 2.33 bits per heavy atom. The molecule has 0 saturated carbocycles. The van der Waals surface area contributed by atoms with Crippen molar-refractivity contribution in [3.63, 3.8) is 0 Å². The second-order valence-electron chi connectivity index (χ2n) is 3.24. The Morgan fingerprint density at radius 1 is 1.00 bits per heavy atom. The van der Waals surface area contributed by atoms with Crippen molar-refractivity contribution in [2.45, 2.75) is 0 Å². The van der Waals surface area contributed by atoms with Crippen LogP contribution in [0, 0.1) is 0 Å². The molecule has 0 bridgehead atoms. The predicted molar refractivity (Wildman–Crippen MR) is 62.3 cm³/mol. The van der Waals surface area contributed by atoms with Crippen molar-refractivity contribution in [2.24, 2.45) is 0 Å². The Bertz CT molecular complexity index is 400. The minimum absolute atomic E-state index is 0.618. The van der Waals surface area contributed by atoms with Gasteiger partial charge in [-0.2, -0.15) is 0 Å². The third-order valence-electron chi connectivity index (χ3n) is 1.81. The second-order valence-corrected chi connectivity index (χ2v) is 10.0. The normalized spacial score (nSPS) is 24.2. The van der Waals surface area contributed by atoms with Gasteiger partial charge in [-0.1, -0.05) is 30.3 Å². The smallest absolute Gasteiger partial charge is 0.409 e. The summed E-state index contributed by atoms with van der Waals surface area (Å²) in [5, 5.41) is 0.618. The first kappa shape index (κ1) is 14.2. The zero-order valence-electron chi connectivity index (χ0n) is 8.81. The molecule has 0 spiro atoms. The van der Waals surface area contributed by atoms with Gasteiger partial charge in [-0.05, 0) is 5.19 Å². The maximum Gasteiger partial charge on any atom is 0.659 e. The van der Waals surface area contributed by atoms with Gasteiger partial charge in [0.15, 0.2) is 0 Å². The van der Waals surface area contributed by atoms with Gasteiger partial charge < -0.3 is 35.6 Å². The highest BCUT2D eigenvalue weighted by Crippen LogP contribution is 2.12. The third-order valence-corrected chi connectivity index (χ3v) is 9.02. The molecule has 2 rings (SSSR count). The Kier molecular flexibility index (Phi) is 4.26. The molecular weight excluding hydrogens is 312 g/mol. The lowest BCUT2D eigenvalue weighted by Crippen LogP contribution is -2.63. The second kappa shape index (κ2) is 5.41. The zero-order valence-corrected chi connectivity index (χ0v) is 12.8. The van der Waals surface area contributed by atoms with Crippen molar-refractivity contribution in [1.82, 2.24) is 0 Å². The summed E-state index contributed by atoms with van der Waals surface area (Å²) in [4.78, 5) is 37.3. The van der Waals surface area contributed by atoms with Crippen molar-refractivity contribution < 1.29 is 35.6 Å². The Balaban J connectivity index is 2.16. The van der Waals surface area contributed by atoms with E-state index in [9.17, 15) is 19.2 Å². The van der Waals surface area contributed by atoms with Gasteiger partial charge in [0.05, 0.1) is 0 Å². The quantitative estimate of drug-likeness (QED) is 0.400. The minimum Gasteiger partial charge on any atom is -0.409 e. The van der Waals surface area contributed by atoms with Crippen molar-refractivity contribution in [3.05, 3.63) is 30.3 Å². The zero-order chi connectivity index (χ0) is 13.2. The molecule has 0 aliphatic carbocycles. The highest BCUT2D eigenvalue weighted by atomic mass is 28.5. The molecule has 4 N–H and O–H groups in total. The number of hydrogen-bond donors (Lipinski definition) is 4. The molecule has 1 aromatic rings. The van der Waals surface area contributed by atoms with E-state index in [-0.39, 0.29) is 0 Å². The van der Waals surface area contributed by atoms with Crippen LogP contribution in [0.5, 0.6) is 0 Å². The molecule has 8 nitrogen and oxygen atoms in total. The first-order valence-electron chi connectivity index (χ1n) is 4.69. The fraction of sp³-hybridized carbons (Fsp3) is 0. The molecule has 0 unspecified atom stereocenters. The molecule has 0 aromatic heterocycles. The molecule has 1 aliphatic heterocycles. The molecule has 0 amide bonds. The van der Waals surface area contributed by atoms with E-state index < -0.39 is 37.4 Å². The van der Waals surface area contributed by atoms with Gasteiger partial charge >= 0.3 is 37.4 Å². The molecular formula is C6H9O8Si4. The van der Waals surface area contributed by atoms with E-state index in [0.29, 0.717) is 5.19 Å². The standard InChI is InChI=1S/C6H9O8Si4/c7-17(8)12-15-11-16(13-18(9,10)14-17)6-4-2-1-3-5-6/h1-5,7-10H. The Labute approximate surface area is 109 Å². The highest BCUT2D eigenvalue weighted by Gasteiger charge is 2.55. The predicted octanol–water partition coefficient (Wildman–Crippen LogP) is -3.16. The van der Waals surface area contributed by atoms with Crippen LogP contribution in [0.4, 0.5) is 0 Å². The molecule has 18 heavy (non-hydrogen) atoms. The molecule has 1 aliphatic rings. The maximum absolute atomic E-state index is 9.48. The monoisotopic (exact) mass is 321 g/mol. The summed E-state index contributed by atoms with van der Waals surface area (Å²) in [7, 11) is -12.2. The summed E-state index contributed by atoms with van der Waals surface area (Å²) >= 11 is 0. The van der Waals surface area contributed by atoms with Crippen LogP contribution in [-0.4, -0.2) is 56.6 Å².